The number of aliphatic hydroxyl groups is 1. The molecule has 2 rings (SSSR count). The lowest BCUT2D eigenvalue weighted by Gasteiger charge is -2.24. The number of hydrogen-bond donors (Lipinski definition) is 3. The Kier molecular flexibility index (Phi) is 5.80. The van der Waals surface area contributed by atoms with Crippen LogP contribution in [-0.4, -0.2) is 57.6 Å². The second-order valence-corrected chi connectivity index (χ2v) is 6.24. The van der Waals surface area contributed by atoms with Gasteiger partial charge in [0, 0.05) is 31.3 Å². The van der Waals surface area contributed by atoms with Gasteiger partial charge in [-0.15, -0.1) is 0 Å². The Morgan fingerprint density at radius 2 is 1.96 bits per heavy atom. The third-order valence-electron chi connectivity index (χ3n) is 3.95. The number of aliphatic hydroxyl groups excluding tert-OH is 1. The van der Waals surface area contributed by atoms with Crippen LogP contribution in [0.3, 0.4) is 0 Å². The summed E-state index contributed by atoms with van der Waals surface area (Å²) in [5, 5.41) is 22.0. The normalized spacial score (nSPS) is 21.4. The first-order valence-corrected chi connectivity index (χ1v) is 7.88. The molecule has 0 spiro atoms. The molecule has 1 aliphatic heterocycles. The lowest BCUT2D eigenvalue weighted by Crippen LogP contribution is -2.51. The van der Waals surface area contributed by atoms with Gasteiger partial charge >= 0.3 is 5.97 Å². The number of β-amino-alcohol motifs (C(OH)–C–C–N with tert-alkyl or cyclic N) is 1. The average molecular weight is 355 g/mol. The SMILES string of the molecule is CC(=O)N1C[C@H](O)C[C@H]1C(=O)N[C@@H](Cc1ccc(Cl)cc1)C(=O)O. The zero-order chi connectivity index (χ0) is 17.9. The standard InChI is InChI=1S/C16H19ClN2O5/c1-9(20)19-8-12(21)7-14(19)15(22)18-13(16(23)24)6-10-2-4-11(17)5-3-10/h2-5,12-14,21H,6-8H2,1H3,(H,18,22)(H,23,24)/t12-,13+,14+/m1/s1. The Morgan fingerprint density at radius 1 is 1.33 bits per heavy atom. The molecule has 0 bridgehead atoms. The Morgan fingerprint density at radius 3 is 2.50 bits per heavy atom. The van der Waals surface area contributed by atoms with Crippen molar-refractivity contribution in [3.8, 4) is 0 Å². The van der Waals surface area contributed by atoms with Crippen LogP contribution in [0, 0.1) is 0 Å². The van der Waals surface area contributed by atoms with E-state index in [1.807, 2.05) is 0 Å². The number of halogens is 1. The molecule has 3 atom stereocenters. The molecule has 0 unspecified atom stereocenters. The summed E-state index contributed by atoms with van der Waals surface area (Å²) >= 11 is 5.79. The highest BCUT2D eigenvalue weighted by Crippen LogP contribution is 2.19. The van der Waals surface area contributed by atoms with Crippen molar-refractivity contribution in [1.29, 1.82) is 0 Å². The van der Waals surface area contributed by atoms with Crippen molar-refractivity contribution in [3.63, 3.8) is 0 Å². The van der Waals surface area contributed by atoms with E-state index in [0.717, 1.165) is 0 Å². The van der Waals surface area contributed by atoms with Crippen molar-refractivity contribution in [3.05, 3.63) is 34.9 Å². The fourth-order valence-corrected chi connectivity index (χ4v) is 2.86. The van der Waals surface area contributed by atoms with Crippen LogP contribution in [0.5, 0.6) is 0 Å². The monoisotopic (exact) mass is 354 g/mol. The summed E-state index contributed by atoms with van der Waals surface area (Å²) in [5.74, 6) is -2.09. The first-order chi connectivity index (χ1) is 11.3. The summed E-state index contributed by atoms with van der Waals surface area (Å²) < 4.78 is 0. The molecule has 24 heavy (non-hydrogen) atoms. The van der Waals surface area contributed by atoms with E-state index in [1.54, 1.807) is 24.3 Å². The molecule has 1 heterocycles. The first kappa shape index (κ1) is 18.2. The summed E-state index contributed by atoms with van der Waals surface area (Å²) in [6.07, 6.45) is -0.601. The van der Waals surface area contributed by atoms with Crippen LogP contribution in [0.2, 0.25) is 5.02 Å². The third-order valence-corrected chi connectivity index (χ3v) is 4.21. The van der Waals surface area contributed by atoms with Crippen molar-refractivity contribution in [2.24, 2.45) is 0 Å². The van der Waals surface area contributed by atoms with E-state index in [-0.39, 0.29) is 25.3 Å². The van der Waals surface area contributed by atoms with Gasteiger partial charge in [-0.05, 0) is 17.7 Å². The van der Waals surface area contributed by atoms with Crippen LogP contribution < -0.4 is 5.32 Å². The fourth-order valence-electron chi connectivity index (χ4n) is 2.73. The van der Waals surface area contributed by atoms with Crippen LogP contribution in [0.15, 0.2) is 24.3 Å². The minimum Gasteiger partial charge on any atom is -0.480 e. The maximum absolute atomic E-state index is 12.4. The number of likely N-dealkylation sites (tertiary alicyclic amines) is 1. The zero-order valence-corrected chi connectivity index (χ0v) is 13.9. The Labute approximate surface area is 144 Å². The van der Waals surface area contributed by atoms with Crippen LogP contribution in [0.25, 0.3) is 0 Å². The van der Waals surface area contributed by atoms with Gasteiger partial charge in [0.1, 0.15) is 12.1 Å². The summed E-state index contributed by atoms with van der Waals surface area (Å²) in [7, 11) is 0. The summed E-state index contributed by atoms with van der Waals surface area (Å²) in [6, 6.07) is 4.66. The van der Waals surface area contributed by atoms with E-state index >= 15 is 0 Å². The molecule has 1 aromatic rings. The van der Waals surface area contributed by atoms with E-state index < -0.39 is 30.1 Å². The highest BCUT2D eigenvalue weighted by Gasteiger charge is 2.38. The van der Waals surface area contributed by atoms with E-state index in [2.05, 4.69) is 5.32 Å². The summed E-state index contributed by atoms with van der Waals surface area (Å²) in [6.45, 7) is 1.38. The molecule has 7 nitrogen and oxygen atoms in total. The lowest BCUT2D eigenvalue weighted by atomic mass is 10.1. The van der Waals surface area contributed by atoms with Gasteiger partial charge in [0.05, 0.1) is 6.10 Å². The van der Waals surface area contributed by atoms with Gasteiger partial charge in [-0.25, -0.2) is 4.79 Å². The van der Waals surface area contributed by atoms with Gasteiger partial charge in [0.25, 0.3) is 0 Å². The molecule has 0 aliphatic carbocycles. The van der Waals surface area contributed by atoms with Gasteiger partial charge in [0.2, 0.25) is 11.8 Å². The number of carbonyl (C=O) groups is 3. The van der Waals surface area contributed by atoms with Gasteiger partial charge < -0.3 is 20.4 Å². The van der Waals surface area contributed by atoms with Crippen LogP contribution in [-0.2, 0) is 20.8 Å². The van der Waals surface area contributed by atoms with E-state index in [1.165, 1.54) is 11.8 Å². The second-order valence-electron chi connectivity index (χ2n) is 5.81. The highest BCUT2D eigenvalue weighted by atomic mass is 35.5. The van der Waals surface area contributed by atoms with Crippen LogP contribution in [0.1, 0.15) is 18.9 Å². The molecule has 1 saturated heterocycles. The molecular weight excluding hydrogens is 336 g/mol. The van der Waals surface area contributed by atoms with E-state index in [4.69, 9.17) is 11.6 Å². The van der Waals surface area contributed by atoms with Gasteiger partial charge in [-0.1, -0.05) is 23.7 Å². The average Bonchev–Trinajstić information content (AvgIpc) is 2.91. The van der Waals surface area contributed by atoms with E-state index in [0.29, 0.717) is 10.6 Å². The number of hydrogen-bond acceptors (Lipinski definition) is 4. The van der Waals surface area contributed by atoms with Crippen molar-refractivity contribution in [2.75, 3.05) is 6.54 Å². The predicted octanol–water partition coefficient (Wildman–Crippen LogP) is 0.434. The van der Waals surface area contributed by atoms with Gasteiger partial charge in [-0.3, -0.25) is 9.59 Å². The van der Waals surface area contributed by atoms with Crippen molar-refractivity contribution < 1.29 is 24.6 Å². The maximum atomic E-state index is 12.4. The zero-order valence-electron chi connectivity index (χ0n) is 13.1. The Bertz CT molecular complexity index is 634. The van der Waals surface area contributed by atoms with Crippen LogP contribution in [0.4, 0.5) is 0 Å². The summed E-state index contributed by atoms with van der Waals surface area (Å²) in [4.78, 5) is 36.6. The number of nitrogens with zero attached hydrogens (tertiary/aromatic N) is 1. The molecule has 130 valence electrons. The topological polar surface area (TPSA) is 107 Å². The van der Waals surface area contributed by atoms with Gasteiger partial charge in [-0.2, -0.15) is 0 Å². The number of rotatable bonds is 5. The number of amides is 2. The minimum absolute atomic E-state index is 0.0718. The molecule has 2 amide bonds. The number of aliphatic carboxylic acids is 1. The molecular formula is C16H19ClN2O5. The summed E-state index contributed by atoms with van der Waals surface area (Å²) in [5.41, 5.74) is 0.710. The lowest BCUT2D eigenvalue weighted by molar-refractivity contribution is -0.143. The molecule has 1 aliphatic rings. The number of nitrogens with one attached hydrogen (secondary N) is 1. The number of carbonyl (C=O) groups excluding carboxylic acids is 2. The molecule has 0 aromatic heterocycles. The predicted molar refractivity (Wildman–Crippen MR) is 86.5 cm³/mol. The third kappa shape index (κ3) is 4.46. The van der Waals surface area contributed by atoms with Crippen molar-refractivity contribution in [2.45, 2.75) is 38.0 Å². The Hall–Kier alpha value is -2.12. The number of carboxylic acids is 1. The van der Waals surface area contributed by atoms with Gasteiger partial charge in [0.15, 0.2) is 0 Å². The molecule has 1 aromatic carbocycles. The number of benzene rings is 1. The number of carboxylic acid groups (broad SMARTS) is 1. The highest BCUT2D eigenvalue weighted by molar-refractivity contribution is 6.30. The Balaban J connectivity index is 2.06. The second kappa shape index (κ2) is 7.63. The first-order valence-electron chi connectivity index (χ1n) is 7.51. The quantitative estimate of drug-likeness (QED) is 0.711. The van der Waals surface area contributed by atoms with Crippen LogP contribution >= 0.6 is 11.6 Å². The minimum atomic E-state index is -1.17. The molecule has 1 fully saturated rings. The smallest absolute Gasteiger partial charge is 0.326 e. The fraction of sp³-hybridized carbons (Fsp3) is 0.438. The van der Waals surface area contributed by atoms with Crippen molar-refractivity contribution in [1.82, 2.24) is 10.2 Å². The van der Waals surface area contributed by atoms with E-state index in [9.17, 15) is 24.6 Å². The van der Waals surface area contributed by atoms with Crippen molar-refractivity contribution >= 4 is 29.4 Å². The molecule has 0 radical (unpaired) electrons. The largest absolute Gasteiger partial charge is 0.480 e. The molecule has 0 saturated carbocycles. The molecule has 8 heteroatoms. The maximum Gasteiger partial charge on any atom is 0.326 e. The molecule has 3 N–H and O–H groups in total.